The van der Waals surface area contributed by atoms with E-state index in [1.165, 1.54) is 11.3 Å². The molecule has 8 heteroatoms. The third kappa shape index (κ3) is 2.46. The molecule has 0 saturated carbocycles. The molecule has 3 rings (SSSR count). The van der Waals surface area contributed by atoms with Crippen molar-refractivity contribution in [2.45, 2.75) is 0 Å². The van der Waals surface area contributed by atoms with Crippen molar-refractivity contribution in [1.29, 1.82) is 0 Å². The Morgan fingerprint density at radius 3 is 2.35 bits per heavy atom. The van der Waals surface area contributed by atoms with Crippen LogP contribution in [0, 0.1) is 0 Å². The van der Waals surface area contributed by atoms with Gasteiger partial charge in [0.25, 0.3) is 0 Å². The van der Waals surface area contributed by atoms with Crippen LogP contribution in [0.25, 0.3) is 20.8 Å². The predicted molar refractivity (Wildman–Crippen MR) is 101 cm³/mol. The van der Waals surface area contributed by atoms with Gasteiger partial charge in [-0.2, -0.15) is 0 Å². The molecule has 0 spiro atoms. The zero-order valence-electron chi connectivity index (χ0n) is 9.31. The maximum absolute atomic E-state index is 12.1. The van der Waals surface area contributed by atoms with E-state index in [4.69, 9.17) is 0 Å². The number of hydrogen-bond acceptors (Lipinski definition) is 3. The van der Waals surface area contributed by atoms with Gasteiger partial charge in [0.1, 0.15) is 0 Å². The van der Waals surface area contributed by atoms with E-state index in [2.05, 4.69) is 84.6 Å². The Hall–Kier alpha value is 0.660. The van der Waals surface area contributed by atoms with E-state index >= 15 is 0 Å². The fourth-order valence-corrected chi connectivity index (χ4v) is 6.31. The van der Waals surface area contributed by atoms with Gasteiger partial charge in [-0.05, 0) is 75.9 Å². The van der Waals surface area contributed by atoms with Crippen LogP contribution in [0.15, 0.2) is 39.3 Å². The summed E-state index contributed by atoms with van der Waals surface area (Å²) >= 11 is 18.6. The number of hydrogen-bond donors (Lipinski definition) is 0. The zero-order chi connectivity index (χ0) is 14.6. The molecule has 20 heavy (non-hydrogen) atoms. The molecular weight excluding hydrogens is 606 g/mol. The van der Waals surface area contributed by atoms with Gasteiger partial charge in [0.15, 0.2) is 0 Å². The first-order chi connectivity index (χ1) is 9.40. The van der Waals surface area contributed by atoms with Crippen LogP contribution in [0.5, 0.6) is 0 Å². The average Bonchev–Trinajstić information content (AvgIpc) is 2.41. The van der Waals surface area contributed by atoms with Crippen LogP contribution in [0.4, 0.5) is 0 Å². The summed E-state index contributed by atoms with van der Waals surface area (Å²) in [7, 11) is 0. The molecule has 0 aromatic heterocycles. The highest BCUT2D eigenvalue weighted by molar-refractivity contribution is 9.13. The van der Waals surface area contributed by atoms with Crippen LogP contribution in [-0.2, 0) is 0 Å². The standard InChI is InChI=1S/C12H2Br5NOS/c13-3-1-4(14)9-5(2-3)20-12-8(17)11(19)7(16)6(15)10(12)18-9/h1-2H. The van der Waals surface area contributed by atoms with E-state index in [1.54, 1.807) is 0 Å². The van der Waals surface area contributed by atoms with Crippen LogP contribution in [0.2, 0.25) is 0 Å². The number of benzene rings is 2. The summed E-state index contributed by atoms with van der Waals surface area (Å²) in [5.41, 5.74) is 1.53. The van der Waals surface area contributed by atoms with Crippen molar-refractivity contribution in [3.05, 3.63) is 44.7 Å². The smallest absolute Gasteiger partial charge is 0.209 e. The minimum atomic E-state index is -0.0872. The molecule has 1 aliphatic heterocycles. The highest BCUT2D eigenvalue weighted by Gasteiger charge is 2.22. The van der Waals surface area contributed by atoms with E-state index in [9.17, 15) is 4.79 Å². The normalized spacial score (nSPS) is 11.4. The Labute approximate surface area is 160 Å². The van der Waals surface area contributed by atoms with Gasteiger partial charge in [0, 0.05) is 8.95 Å². The summed E-state index contributed by atoms with van der Waals surface area (Å²) in [6.45, 7) is 0. The monoisotopic (exact) mass is 603 g/mol. The Balaban J connectivity index is 2.59. The Morgan fingerprint density at radius 2 is 1.65 bits per heavy atom. The SMILES string of the molecule is O=c1c(Br)c2sc3cc(Br)cc(Br)c3nc-2c(Br)c1Br. The highest BCUT2D eigenvalue weighted by Crippen LogP contribution is 2.43. The van der Waals surface area contributed by atoms with Crippen molar-refractivity contribution in [1.82, 2.24) is 4.98 Å². The topological polar surface area (TPSA) is 30.0 Å². The van der Waals surface area contributed by atoms with Crippen molar-refractivity contribution < 1.29 is 0 Å². The molecule has 1 heterocycles. The van der Waals surface area contributed by atoms with Crippen molar-refractivity contribution in [3.8, 4) is 10.6 Å². The van der Waals surface area contributed by atoms with E-state index in [1.807, 2.05) is 12.1 Å². The lowest BCUT2D eigenvalue weighted by Crippen LogP contribution is -2.07. The second kappa shape index (κ2) is 5.70. The number of halogens is 5. The Kier molecular flexibility index (Phi) is 4.43. The summed E-state index contributed by atoms with van der Waals surface area (Å²) < 4.78 is 4.54. The second-order valence-electron chi connectivity index (χ2n) is 3.90. The fraction of sp³-hybridized carbons (Fsp3) is 0. The van der Waals surface area contributed by atoms with Crippen molar-refractivity contribution in [2.24, 2.45) is 0 Å². The molecule has 1 aliphatic carbocycles. The molecule has 0 radical (unpaired) electrons. The third-order valence-corrected chi connectivity index (χ3v) is 7.92. The highest BCUT2D eigenvalue weighted by atomic mass is 79.9. The average molecular weight is 608 g/mol. The number of aromatic nitrogens is 1. The molecular formula is C12H2Br5NOS. The largest absolute Gasteiger partial charge is 0.287 e. The molecule has 1 aromatic rings. The minimum absolute atomic E-state index is 0.0872. The lowest BCUT2D eigenvalue weighted by molar-refractivity contribution is 1.34. The van der Waals surface area contributed by atoms with E-state index in [0.717, 1.165) is 29.7 Å². The van der Waals surface area contributed by atoms with Crippen molar-refractivity contribution in [3.63, 3.8) is 0 Å². The molecule has 102 valence electrons. The number of rotatable bonds is 0. The Morgan fingerprint density at radius 1 is 0.950 bits per heavy atom. The first-order valence-corrected chi connectivity index (χ1v) is 9.94. The molecule has 0 unspecified atom stereocenters. The van der Waals surface area contributed by atoms with Gasteiger partial charge >= 0.3 is 0 Å². The maximum Gasteiger partial charge on any atom is 0.209 e. The molecule has 2 aliphatic rings. The number of nitrogens with zero attached hydrogens (tertiary/aromatic N) is 1. The third-order valence-electron chi connectivity index (χ3n) is 2.64. The van der Waals surface area contributed by atoms with Crippen LogP contribution >= 0.6 is 91.0 Å². The van der Waals surface area contributed by atoms with E-state index < -0.39 is 0 Å². The predicted octanol–water partition coefficient (Wildman–Crippen LogP) is 6.57. The van der Waals surface area contributed by atoms with Gasteiger partial charge in [-0.25, -0.2) is 4.98 Å². The summed E-state index contributed by atoms with van der Waals surface area (Å²) in [4.78, 5) is 17.6. The zero-order valence-corrected chi connectivity index (χ0v) is 18.1. The van der Waals surface area contributed by atoms with Gasteiger partial charge in [-0.15, -0.1) is 11.3 Å². The summed E-state index contributed by atoms with van der Waals surface area (Å²) in [6, 6.07) is 3.94. The second-order valence-corrected chi connectivity index (χ2v) is 9.10. The summed E-state index contributed by atoms with van der Waals surface area (Å²) in [5, 5.41) is 0. The molecule has 2 nitrogen and oxygen atoms in total. The van der Waals surface area contributed by atoms with Crippen molar-refractivity contribution in [2.75, 3.05) is 0 Å². The van der Waals surface area contributed by atoms with Crippen LogP contribution in [0.3, 0.4) is 0 Å². The number of fused-ring (bicyclic) bond motifs is 2. The van der Waals surface area contributed by atoms with E-state index in [-0.39, 0.29) is 5.43 Å². The molecule has 0 bridgehead atoms. The fourth-order valence-electron chi connectivity index (χ4n) is 1.75. The molecule has 0 atom stereocenters. The van der Waals surface area contributed by atoms with E-state index in [0.29, 0.717) is 13.4 Å². The molecule has 0 fully saturated rings. The van der Waals surface area contributed by atoms with Crippen LogP contribution in [-0.4, -0.2) is 4.98 Å². The quantitative estimate of drug-likeness (QED) is 0.214. The Bertz CT molecular complexity index is 892. The minimum Gasteiger partial charge on any atom is -0.287 e. The van der Waals surface area contributed by atoms with Gasteiger partial charge in [0.05, 0.1) is 34.2 Å². The summed E-state index contributed by atoms with van der Waals surface area (Å²) in [5.74, 6) is 0. The molecule has 0 N–H and O–H groups in total. The lowest BCUT2D eigenvalue weighted by atomic mass is 10.2. The van der Waals surface area contributed by atoms with Gasteiger partial charge in [-0.1, -0.05) is 15.9 Å². The lowest BCUT2D eigenvalue weighted by Gasteiger charge is -2.12. The summed E-state index contributed by atoms with van der Waals surface area (Å²) in [6.07, 6.45) is 0. The van der Waals surface area contributed by atoms with Gasteiger partial charge in [-0.3, -0.25) is 4.79 Å². The van der Waals surface area contributed by atoms with Gasteiger partial charge in [0.2, 0.25) is 5.43 Å². The van der Waals surface area contributed by atoms with Crippen LogP contribution < -0.4 is 5.43 Å². The first-order valence-electron chi connectivity index (χ1n) is 5.16. The molecule has 0 amide bonds. The molecule has 1 aromatic carbocycles. The van der Waals surface area contributed by atoms with Crippen molar-refractivity contribution >= 4 is 101 Å². The first kappa shape index (κ1) is 15.6. The van der Waals surface area contributed by atoms with Gasteiger partial charge < -0.3 is 0 Å². The van der Waals surface area contributed by atoms with Crippen LogP contribution in [0.1, 0.15) is 0 Å². The maximum atomic E-state index is 12.1. The molecule has 0 saturated heterocycles.